The lowest BCUT2D eigenvalue weighted by atomic mass is 10.1. The van der Waals surface area contributed by atoms with E-state index in [9.17, 15) is 9.18 Å². The maximum absolute atomic E-state index is 13.8. The Morgan fingerprint density at radius 2 is 2.17 bits per heavy atom. The van der Waals surface area contributed by atoms with E-state index >= 15 is 0 Å². The van der Waals surface area contributed by atoms with Crippen molar-refractivity contribution < 1.29 is 13.9 Å². The van der Waals surface area contributed by atoms with Gasteiger partial charge >= 0.3 is 0 Å². The van der Waals surface area contributed by atoms with Crippen molar-refractivity contribution in [2.45, 2.75) is 26.3 Å². The Morgan fingerprint density at radius 1 is 1.34 bits per heavy atom. The Labute approximate surface area is 176 Å². The van der Waals surface area contributed by atoms with Crippen LogP contribution in [0.1, 0.15) is 26.3 Å². The lowest BCUT2D eigenvalue weighted by molar-refractivity contribution is -0.118. The second kappa shape index (κ2) is 8.00. The number of fused-ring (bicyclic) bond motifs is 1. The van der Waals surface area contributed by atoms with Crippen molar-refractivity contribution >= 4 is 40.2 Å². The van der Waals surface area contributed by atoms with Crippen LogP contribution in [-0.2, 0) is 4.79 Å². The molecule has 0 saturated carbocycles. The summed E-state index contributed by atoms with van der Waals surface area (Å²) >= 11 is 7.26. The minimum absolute atomic E-state index is 0.0261. The number of hydrogen-bond donors (Lipinski definition) is 1. The quantitative estimate of drug-likeness (QED) is 0.589. The van der Waals surface area contributed by atoms with Gasteiger partial charge in [0, 0.05) is 23.1 Å². The number of nitrogens with zero attached hydrogens (tertiary/aromatic N) is 2. The molecule has 0 saturated heterocycles. The zero-order chi connectivity index (χ0) is 20.5. The fourth-order valence-corrected chi connectivity index (χ4v) is 4.26. The van der Waals surface area contributed by atoms with E-state index in [0.29, 0.717) is 17.1 Å². The summed E-state index contributed by atoms with van der Waals surface area (Å²) in [6.07, 6.45) is 0.899. The molecule has 2 aromatic carbocycles. The summed E-state index contributed by atoms with van der Waals surface area (Å²) in [7, 11) is 0. The Kier molecular flexibility index (Phi) is 5.43. The van der Waals surface area contributed by atoms with Crippen LogP contribution in [0.15, 0.2) is 46.8 Å². The molecule has 5 nitrogen and oxygen atoms in total. The van der Waals surface area contributed by atoms with E-state index in [4.69, 9.17) is 16.3 Å². The molecule has 3 aromatic rings. The molecule has 4 rings (SSSR count). The van der Waals surface area contributed by atoms with Crippen LogP contribution in [-0.4, -0.2) is 17.1 Å². The van der Waals surface area contributed by atoms with Crippen LogP contribution < -0.4 is 14.9 Å². The largest absolute Gasteiger partial charge is 0.482 e. The first-order valence-corrected chi connectivity index (χ1v) is 10.5. The molecule has 0 fully saturated rings. The summed E-state index contributed by atoms with van der Waals surface area (Å²) in [5.41, 5.74) is 3.07. The van der Waals surface area contributed by atoms with E-state index in [1.165, 1.54) is 23.5 Å². The summed E-state index contributed by atoms with van der Waals surface area (Å²) in [5, 5.41) is 4.93. The first-order valence-electron chi connectivity index (χ1n) is 9.23. The number of carbonyl (C=O) groups is 1. The molecule has 1 amide bonds. The molecule has 2 heterocycles. The maximum atomic E-state index is 13.8. The monoisotopic (exact) mass is 431 g/mol. The minimum Gasteiger partial charge on any atom is -0.482 e. The number of ether oxygens (including phenoxy) is 1. The third kappa shape index (κ3) is 3.93. The number of thiazole rings is 1. The Balaban J connectivity index is 1.83. The lowest BCUT2D eigenvalue weighted by Gasteiger charge is -2.20. The predicted molar refractivity (Wildman–Crippen MR) is 114 cm³/mol. The van der Waals surface area contributed by atoms with Crippen LogP contribution in [0.25, 0.3) is 11.3 Å². The van der Waals surface area contributed by atoms with Crippen LogP contribution in [0.4, 0.5) is 15.8 Å². The van der Waals surface area contributed by atoms with Crippen molar-refractivity contribution in [1.82, 2.24) is 4.57 Å². The molecular weight excluding hydrogens is 413 g/mol. The Morgan fingerprint density at radius 3 is 2.93 bits per heavy atom. The van der Waals surface area contributed by atoms with E-state index in [1.807, 2.05) is 23.6 Å². The second-order valence-corrected chi connectivity index (χ2v) is 8.03. The van der Waals surface area contributed by atoms with Gasteiger partial charge in [-0.1, -0.05) is 18.5 Å². The van der Waals surface area contributed by atoms with Gasteiger partial charge in [0.15, 0.2) is 11.4 Å². The number of carbonyl (C=O) groups excluding carboxylic acids is 1. The number of benzene rings is 2. The topological polar surface area (TPSA) is 55.6 Å². The SMILES string of the molecule is CCC(C)n1c(-c2ccc3c(c2)NC(=O)CO3)csc1=Nc1ccc(Cl)c(F)c1. The molecule has 1 N–H and O–H groups in total. The third-order valence-electron chi connectivity index (χ3n) is 4.81. The summed E-state index contributed by atoms with van der Waals surface area (Å²) in [5.74, 6) is -0.0133. The highest BCUT2D eigenvalue weighted by Gasteiger charge is 2.19. The Hall–Kier alpha value is -2.64. The highest BCUT2D eigenvalue weighted by atomic mass is 35.5. The van der Waals surface area contributed by atoms with Gasteiger partial charge in [0.05, 0.1) is 22.1 Å². The van der Waals surface area contributed by atoms with Crippen molar-refractivity contribution in [2.75, 3.05) is 11.9 Å². The molecule has 0 spiro atoms. The first kappa shape index (κ1) is 19.7. The molecule has 0 aliphatic carbocycles. The van der Waals surface area contributed by atoms with Crippen molar-refractivity contribution in [1.29, 1.82) is 0 Å². The van der Waals surface area contributed by atoms with Crippen LogP contribution in [0.3, 0.4) is 0 Å². The minimum atomic E-state index is -0.495. The van der Waals surface area contributed by atoms with Gasteiger partial charge in [-0.15, -0.1) is 11.3 Å². The van der Waals surface area contributed by atoms with Crippen LogP contribution >= 0.6 is 22.9 Å². The molecular formula is C21H19ClFN3O2S. The lowest BCUT2D eigenvalue weighted by Crippen LogP contribution is -2.25. The summed E-state index contributed by atoms with van der Waals surface area (Å²) < 4.78 is 21.4. The van der Waals surface area contributed by atoms with Gasteiger partial charge in [0.2, 0.25) is 0 Å². The molecule has 1 aliphatic heterocycles. The second-order valence-electron chi connectivity index (χ2n) is 6.79. The van der Waals surface area contributed by atoms with Gasteiger partial charge in [-0.05, 0) is 43.7 Å². The summed E-state index contributed by atoms with van der Waals surface area (Å²) in [6.45, 7) is 4.24. The number of anilines is 1. The van der Waals surface area contributed by atoms with Crippen molar-refractivity contribution in [3.8, 4) is 17.0 Å². The number of aromatic nitrogens is 1. The fraction of sp³-hybridized carbons (Fsp3) is 0.238. The zero-order valence-electron chi connectivity index (χ0n) is 15.9. The van der Waals surface area contributed by atoms with E-state index < -0.39 is 5.82 Å². The molecule has 1 aliphatic rings. The first-order chi connectivity index (χ1) is 14.0. The number of nitrogens with one attached hydrogen (secondary N) is 1. The highest BCUT2D eigenvalue weighted by molar-refractivity contribution is 7.07. The van der Waals surface area contributed by atoms with Crippen LogP contribution in [0.5, 0.6) is 5.75 Å². The average molecular weight is 432 g/mol. The van der Waals surface area contributed by atoms with Gasteiger partial charge in [-0.2, -0.15) is 0 Å². The molecule has 150 valence electrons. The van der Waals surface area contributed by atoms with Crippen molar-refractivity contribution in [3.63, 3.8) is 0 Å². The number of hydrogen-bond acceptors (Lipinski definition) is 4. The third-order valence-corrected chi connectivity index (χ3v) is 5.96. The maximum Gasteiger partial charge on any atom is 0.262 e. The summed E-state index contributed by atoms with van der Waals surface area (Å²) in [6, 6.07) is 10.4. The predicted octanol–water partition coefficient (Wildman–Crippen LogP) is 5.54. The van der Waals surface area contributed by atoms with E-state index in [-0.39, 0.29) is 23.6 Å². The Bertz CT molecular complexity index is 1160. The number of amides is 1. The van der Waals surface area contributed by atoms with E-state index in [0.717, 1.165) is 22.5 Å². The molecule has 1 aromatic heterocycles. The summed E-state index contributed by atoms with van der Waals surface area (Å²) in [4.78, 5) is 17.1. The van der Waals surface area contributed by atoms with E-state index in [2.05, 4.69) is 28.7 Å². The van der Waals surface area contributed by atoms with Gasteiger partial charge in [0.25, 0.3) is 5.91 Å². The molecule has 0 radical (unpaired) electrons. The van der Waals surface area contributed by atoms with Crippen LogP contribution in [0.2, 0.25) is 5.02 Å². The highest BCUT2D eigenvalue weighted by Crippen LogP contribution is 2.34. The molecule has 8 heteroatoms. The van der Waals surface area contributed by atoms with Gasteiger partial charge in [0.1, 0.15) is 11.6 Å². The molecule has 1 atom stereocenters. The normalized spacial score (nSPS) is 14.9. The van der Waals surface area contributed by atoms with Crippen LogP contribution in [0, 0.1) is 5.82 Å². The van der Waals surface area contributed by atoms with Crippen molar-refractivity contribution in [2.24, 2.45) is 4.99 Å². The molecule has 1 unspecified atom stereocenters. The molecule has 29 heavy (non-hydrogen) atoms. The zero-order valence-corrected chi connectivity index (χ0v) is 17.5. The van der Waals surface area contributed by atoms with E-state index in [1.54, 1.807) is 6.07 Å². The fourth-order valence-electron chi connectivity index (χ4n) is 3.13. The number of halogens is 2. The van der Waals surface area contributed by atoms with Gasteiger partial charge < -0.3 is 14.6 Å². The molecule has 0 bridgehead atoms. The van der Waals surface area contributed by atoms with Gasteiger partial charge in [-0.25, -0.2) is 9.38 Å². The smallest absolute Gasteiger partial charge is 0.262 e. The van der Waals surface area contributed by atoms with Gasteiger partial charge in [-0.3, -0.25) is 4.79 Å². The standard InChI is InChI=1S/C21H19ClFN3O2S/c1-3-12(2)26-18(13-4-7-19-17(8-13)25-20(27)10-28-19)11-29-21(26)24-14-5-6-15(22)16(23)9-14/h4-9,11-12H,3,10H2,1-2H3,(H,25,27). The number of rotatable bonds is 4. The van der Waals surface area contributed by atoms with Crippen molar-refractivity contribution in [3.05, 3.63) is 57.4 Å². The average Bonchev–Trinajstić information content (AvgIpc) is 3.13.